The molecule has 3 rings (SSSR count). The van der Waals surface area contributed by atoms with Crippen LogP contribution in [0.25, 0.3) is 0 Å². The standard InChI is InChI=1S/C20H23NO2/c1-23-19-10-7-15(8-11-19)14-21-20(22)13-16-6-9-17-4-2-3-5-18(17)12-16/h6-12H,2-5,13-14H2,1H3,(H,21,22). The molecule has 120 valence electrons. The zero-order valence-corrected chi connectivity index (χ0v) is 13.6. The predicted molar refractivity (Wildman–Crippen MR) is 91.6 cm³/mol. The first-order valence-corrected chi connectivity index (χ1v) is 8.25. The number of ether oxygens (including phenoxy) is 1. The molecule has 1 aliphatic rings. The van der Waals surface area contributed by atoms with E-state index >= 15 is 0 Å². The number of carbonyl (C=O) groups is 1. The molecule has 0 heterocycles. The van der Waals surface area contributed by atoms with Crippen molar-refractivity contribution in [3.63, 3.8) is 0 Å². The van der Waals surface area contributed by atoms with Crippen molar-refractivity contribution in [2.75, 3.05) is 7.11 Å². The van der Waals surface area contributed by atoms with Gasteiger partial charge in [0.2, 0.25) is 5.91 Å². The Balaban J connectivity index is 1.54. The molecule has 1 aliphatic carbocycles. The van der Waals surface area contributed by atoms with Crippen LogP contribution in [0.1, 0.15) is 35.1 Å². The molecule has 0 unspecified atom stereocenters. The van der Waals surface area contributed by atoms with Gasteiger partial charge in [0.05, 0.1) is 13.5 Å². The lowest BCUT2D eigenvalue weighted by Crippen LogP contribution is -2.24. The average molecular weight is 309 g/mol. The van der Waals surface area contributed by atoms with Crippen LogP contribution in [-0.4, -0.2) is 13.0 Å². The van der Waals surface area contributed by atoms with E-state index in [1.165, 1.54) is 30.4 Å². The number of rotatable bonds is 5. The lowest BCUT2D eigenvalue weighted by Gasteiger charge is -2.16. The molecule has 1 amide bonds. The highest BCUT2D eigenvalue weighted by Crippen LogP contribution is 2.22. The Morgan fingerprint density at radius 3 is 2.43 bits per heavy atom. The summed E-state index contributed by atoms with van der Waals surface area (Å²) in [6.07, 6.45) is 5.33. The fourth-order valence-electron chi connectivity index (χ4n) is 3.09. The minimum atomic E-state index is 0.0663. The van der Waals surface area contributed by atoms with Gasteiger partial charge in [-0.1, -0.05) is 30.3 Å². The zero-order chi connectivity index (χ0) is 16.1. The van der Waals surface area contributed by atoms with E-state index in [0.717, 1.165) is 23.3 Å². The van der Waals surface area contributed by atoms with Crippen LogP contribution in [0.5, 0.6) is 5.75 Å². The Hall–Kier alpha value is -2.29. The molecule has 0 radical (unpaired) electrons. The Morgan fingerprint density at radius 2 is 1.70 bits per heavy atom. The van der Waals surface area contributed by atoms with E-state index in [9.17, 15) is 4.79 Å². The summed E-state index contributed by atoms with van der Waals surface area (Å²) in [5, 5.41) is 2.99. The van der Waals surface area contributed by atoms with Gasteiger partial charge >= 0.3 is 0 Å². The van der Waals surface area contributed by atoms with E-state index in [0.29, 0.717) is 13.0 Å². The number of benzene rings is 2. The Kier molecular flexibility index (Phi) is 4.96. The van der Waals surface area contributed by atoms with Crippen LogP contribution in [0.2, 0.25) is 0 Å². The molecule has 23 heavy (non-hydrogen) atoms. The molecule has 0 spiro atoms. The van der Waals surface area contributed by atoms with Gasteiger partial charge in [0.25, 0.3) is 0 Å². The molecule has 2 aromatic rings. The number of carbonyl (C=O) groups excluding carboxylic acids is 1. The second-order valence-electron chi connectivity index (χ2n) is 6.11. The molecule has 0 saturated carbocycles. The molecule has 2 aromatic carbocycles. The van der Waals surface area contributed by atoms with Crippen molar-refractivity contribution in [2.45, 2.75) is 38.6 Å². The molecular weight excluding hydrogens is 286 g/mol. The van der Waals surface area contributed by atoms with E-state index in [1.54, 1.807) is 7.11 Å². The van der Waals surface area contributed by atoms with E-state index in [2.05, 4.69) is 23.5 Å². The third-order valence-electron chi connectivity index (χ3n) is 4.43. The van der Waals surface area contributed by atoms with Gasteiger partial charge in [-0.3, -0.25) is 4.79 Å². The van der Waals surface area contributed by atoms with Gasteiger partial charge < -0.3 is 10.1 Å². The third kappa shape index (κ3) is 4.13. The van der Waals surface area contributed by atoms with E-state index < -0.39 is 0 Å². The van der Waals surface area contributed by atoms with E-state index in [1.807, 2.05) is 24.3 Å². The number of nitrogens with one attached hydrogen (secondary N) is 1. The highest BCUT2D eigenvalue weighted by atomic mass is 16.5. The molecule has 3 heteroatoms. The van der Waals surface area contributed by atoms with E-state index in [-0.39, 0.29) is 5.91 Å². The summed E-state index contributed by atoms with van der Waals surface area (Å²) in [6.45, 7) is 0.549. The highest BCUT2D eigenvalue weighted by molar-refractivity contribution is 5.78. The van der Waals surface area contributed by atoms with Gasteiger partial charge in [0.1, 0.15) is 5.75 Å². The summed E-state index contributed by atoms with van der Waals surface area (Å²) in [5.41, 5.74) is 5.07. The maximum Gasteiger partial charge on any atom is 0.224 e. The first-order valence-electron chi connectivity index (χ1n) is 8.25. The molecule has 0 aliphatic heterocycles. The van der Waals surface area contributed by atoms with Crippen LogP contribution in [0.15, 0.2) is 42.5 Å². The second kappa shape index (κ2) is 7.32. The Morgan fingerprint density at radius 1 is 1.00 bits per heavy atom. The summed E-state index contributed by atoms with van der Waals surface area (Å²) in [6, 6.07) is 14.3. The SMILES string of the molecule is COc1ccc(CNC(=O)Cc2ccc3c(c2)CCCC3)cc1. The number of amides is 1. The van der Waals surface area contributed by atoms with Gasteiger partial charge in [-0.05, 0) is 60.1 Å². The molecule has 0 saturated heterocycles. The van der Waals surface area contributed by atoms with Gasteiger partial charge in [0, 0.05) is 6.54 Å². The average Bonchev–Trinajstić information content (AvgIpc) is 2.60. The quantitative estimate of drug-likeness (QED) is 0.919. The highest BCUT2D eigenvalue weighted by Gasteiger charge is 2.11. The van der Waals surface area contributed by atoms with Crippen LogP contribution < -0.4 is 10.1 Å². The maximum atomic E-state index is 12.1. The maximum absolute atomic E-state index is 12.1. The lowest BCUT2D eigenvalue weighted by molar-refractivity contribution is -0.120. The van der Waals surface area contributed by atoms with Gasteiger partial charge in [-0.15, -0.1) is 0 Å². The molecular formula is C20H23NO2. The number of hydrogen-bond donors (Lipinski definition) is 1. The van der Waals surface area contributed by atoms with Gasteiger partial charge in [-0.25, -0.2) is 0 Å². The first kappa shape index (κ1) is 15.6. The summed E-state index contributed by atoms with van der Waals surface area (Å²) in [7, 11) is 1.65. The van der Waals surface area contributed by atoms with Crippen molar-refractivity contribution in [2.24, 2.45) is 0 Å². The zero-order valence-electron chi connectivity index (χ0n) is 13.6. The van der Waals surface area contributed by atoms with Crippen LogP contribution in [0.3, 0.4) is 0 Å². The summed E-state index contributed by atoms with van der Waals surface area (Å²) in [4.78, 5) is 12.1. The smallest absolute Gasteiger partial charge is 0.224 e. The molecule has 0 atom stereocenters. The van der Waals surface area contributed by atoms with Crippen molar-refractivity contribution >= 4 is 5.91 Å². The number of hydrogen-bond acceptors (Lipinski definition) is 2. The van der Waals surface area contributed by atoms with Crippen LogP contribution in [0.4, 0.5) is 0 Å². The molecule has 3 nitrogen and oxygen atoms in total. The fourth-order valence-corrected chi connectivity index (χ4v) is 3.09. The van der Waals surface area contributed by atoms with Crippen LogP contribution in [0, 0.1) is 0 Å². The van der Waals surface area contributed by atoms with Crippen molar-refractivity contribution < 1.29 is 9.53 Å². The predicted octanol–water partition coefficient (Wildman–Crippen LogP) is 3.43. The Labute approximate surface area is 137 Å². The topological polar surface area (TPSA) is 38.3 Å². The lowest BCUT2D eigenvalue weighted by atomic mass is 9.90. The van der Waals surface area contributed by atoms with Crippen molar-refractivity contribution in [3.8, 4) is 5.75 Å². The largest absolute Gasteiger partial charge is 0.497 e. The Bertz CT molecular complexity index is 677. The van der Waals surface area contributed by atoms with Gasteiger partial charge in [-0.2, -0.15) is 0 Å². The number of fused-ring (bicyclic) bond motifs is 1. The monoisotopic (exact) mass is 309 g/mol. The van der Waals surface area contributed by atoms with Crippen LogP contribution >= 0.6 is 0 Å². The van der Waals surface area contributed by atoms with Gasteiger partial charge in [0.15, 0.2) is 0 Å². The molecule has 0 fully saturated rings. The number of aryl methyl sites for hydroxylation is 2. The third-order valence-corrected chi connectivity index (χ3v) is 4.43. The minimum Gasteiger partial charge on any atom is -0.497 e. The number of methoxy groups -OCH3 is 1. The minimum absolute atomic E-state index is 0.0663. The van der Waals surface area contributed by atoms with Crippen molar-refractivity contribution in [1.29, 1.82) is 0 Å². The molecule has 0 aromatic heterocycles. The summed E-state index contributed by atoms with van der Waals surface area (Å²) in [5.74, 6) is 0.894. The fraction of sp³-hybridized carbons (Fsp3) is 0.350. The molecule has 1 N–H and O–H groups in total. The van der Waals surface area contributed by atoms with E-state index in [4.69, 9.17) is 4.74 Å². The van der Waals surface area contributed by atoms with Crippen molar-refractivity contribution in [1.82, 2.24) is 5.32 Å². The summed E-state index contributed by atoms with van der Waals surface area (Å²) >= 11 is 0. The second-order valence-corrected chi connectivity index (χ2v) is 6.11. The van der Waals surface area contributed by atoms with Crippen molar-refractivity contribution in [3.05, 3.63) is 64.7 Å². The molecule has 0 bridgehead atoms. The first-order chi connectivity index (χ1) is 11.2. The normalized spacial score (nSPS) is 13.3. The van der Waals surface area contributed by atoms with Crippen LogP contribution in [-0.2, 0) is 30.6 Å². The summed E-state index contributed by atoms with van der Waals surface area (Å²) < 4.78 is 5.13.